The van der Waals surface area contributed by atoms with E-state index in [2.05, 4.69) is 36.9 Å². The van der Waals surface area contributed by atoms with Gasteiger partial charge in [-0.2, -0.15) is 4.31 Å². The van der Waals surface area contributed by atoms with E-state index in [4.69, 9.17) is 4.74 Å². The van der Waals surface area contributed by atoms with Gasteiger partial charge in [-0.05, 0) is 50.5 Å². The Hall–Kier alpha value is -2.68. The number of sulfonamides is 1. The van der Waals surface area contributed by atoms with Gasteiger partial charge in [-0.15, -0.1) is 11.3 Å². The zero-order chi connectivity index (χ0) is 24.5. The van der Waals surface area contributed by atoms with E-state index >= 15 is 0 Å². The maximum Gasteiger partial charge on any atom is 0.349 e. The molecule has 1 aliphatic rings. The number of esters is 1. The number of aryl methyl sites for hydroxylation is 3. The molecule has 0 bridgehead atoms. The number of hydrogen-bond acceptors (Lipinski definition) is 6. The number of anilines is 1. The molecule has 4 rings (SSSR count). The first-order valence-corrected chi connectivity index (χ1v) is 13.7. The van der Waals surface area contributed by atoms with Crippen LogP contribution in [0, 0.1) is 20.8 Å². The van der Waals surface area contributed by atoms with Crippen molar-refractivity contribution in [3.8, 4) is 11.1 Å². The van der Waals surface area contributed by atoms with Crippen LogP contribution in [-0.2, 0) is 14.8 Å². The third kappa shape index (κ3) is 4.76. The topological polar surface area (TPSA) is 66.9 Å². The molecule has 0 N–H and O–H groups in total. The lowest BCUT2D eigenvalue weighted by Gasteiger charge is -2.36. The highest BCUT2D eigenvalue weighted by Crippen LogP contribution is 2.38. The molecule has 3 aromatic rings. The highest BCUT2D eigenvalue weighted by atomic mass is 32.2. The fourth-order valence-corrected chi connectivity index (χ4v) is 7.30. The second-order valence-electron chi connectivity index (χ2n) is 8.58. The molecule has 0 spiro atoms. The lowest BCUT2D eigenvalue weighted by Crippen LogP contribution is -2.49. The van der Waals surface area contributed by atoms with Crippen molar-refractivity contribution in [2.45, 2.75) is 32.6 Å². The molecule has 0 atom stereocenters. The van der Waals surface area contributed by atoms with Crippen molar-refractivity contribution in [3.63, 3.8) is 0 Å². The zero-order valence-corrected chi connectivity index (χ0v) is 21.6. The summed E-state index contributed by atoms with van der Waals surface area (Å²) in [7, 11) is -3.91. The molecule has 0 aliphatic carbocycles. The van der Waals surface area contributed by atoms with Gasteiger partial charge in [0.1, 0.15) is 9.77 Å². The van der Waals surface area contributed by atoms with Crippen LogP contribution in [0.25, 0.3) is 11.1 Å². The molecular weight excluding hydrogens is 468 g/mol. The number of ether oxygens (including phenoxy) is 1. The Morgan fingerprint density at radius 1 is 0.971 bits per heavy atom. The van der Waals surface area contributed by atoms with E-state index in [0.29, 0.717) is 31.7 Å². The Labute approximate surface area is 205 Å². The van der Waals surface area contributed by atoms with Crippen LogP contribution in [0.1, 0.15) is 33.3 Å². The normalized spacial score (nSPS) is 14.9. The van der Waals surface area contributed by atoms with Crippen molar-refractivity contribution in [3.05, 3.63) is 69.4 Å². The first kappa shape index (κ1) is 24.4. The Bertz CT molecular complexity index is 1290. The predicted octanol–water partition coefficient (Wildman–Crippen LogP) is 5.03. The van der Waals surface area contributed by atoms with Crippen LogP contribution < -0.4 is 4.90 Å². The number of rotatable bonds is 6. The van der Waals surface area contributed by atoms with Gasteiger partial charge >= 0.3 is 5.97 Å². The van der Waals surface area contributed by atoms with Crippen LogP contribution >= 0.6 is 11.3 Å². The van der Waals surface area contributed by atoms with Crippen molar-refractivity contribution >= 4 is 33.0 Å². The lowest BCUT2D eigenvalue weighted by molar-refractivity contribution is 0.0528. The molecule has 0 amide bonds. The molecule has 1 fully saturated rings. The monoisotopic (exact) mass is 498 g/mol. The van der Waals surface area contributed by atoms with Gasteiger partial charge in [-0.25, -0.2) is 13.2 Å². The van der Waals surface area contributed by atoms with Crippen LogP contribution in [0.5, 0.6) is 0 Å². The van der Waals surface area contributed by atoms with Crippen LogP contribution in [0.3, 0.4) is 0 Å². The quantitative estimate of drug-likeness (QED) is 0.446. The summed E-state index contributed by atoms with van der Waals surface area (Å²) in [6.07, 6.45) is 0. The van der Waals surface area contributed by atoms with Crippen LogP contribution in [0.2, 0.25) is 0 Å². The number of hydrogen-bond donors (Lipinski definition) is 0. The highest BCUT2D eigenvalue weighted by Gasteiger charge is 2.36. The van der Waals surface area contributed by atoms with E-state index in [-0.39, 0.29) is 16.4 Å². The Morgan fingerprint density at radius 3 is 2.26 bits per heavy atom. The third-order valence-electron chi connectivity index (χ3n) is 6.11. The summed E-state index contributed by atoms with van der Waals surface area (Å²) in [5, 5.41) is 1.75. The molecule has 2 aromatic carbocycles. The predicted molar refractivity (Wildman–Crippen MR) is 137 cm³/mol. The second kappa shape index (κ2) is 9.90. The Morgan fingerprint density at radius 2 is 1.62 bits per heavy atom. The minimum atomic E-state index is -3.91. The molecule has 2 heterocycles. The van der Waals surface area contributed by atoms with E-state index in [9.17, 15) is 13.2 Å². The molecular formula is C26H30N2O4S2. The number of benzene rings is 2. The van der Waals surface area contributed by atoms with Crippen LogP contribution in [0.15, 0.2) is 52.7 Å². The van der Waals surface area contributed by atoms with Crippen molar-refractivity contribution in [1.82, 2.24) is 4.31 Å². The summed E-state index contributed by atoms with van der Waals surface area (Å²) in [6, 6.07) is 14.0. The lowest BCUT2D eigenvalue weighted by atomic mass is 10.1. The highest BCUT2D eigenvalue weighted by molar-refractivity contribution is 7.89. The molecule has 34 heavy (non-hydrogen) atoms. The maximum absolute atomic E-state index is 13.9. The summed E-state index contributed by atoms with van der Waals surface area (Å²) in [4.78, 5) is 15.1. The average molecular weight is 499 g/mol. The summed E-state index contributed by atoms with van der Waals surface area (Å²) >= 11 is 1.12. The molecule has 0 radical (unpaired) electrons. The number of nitrogens with zero attached hydrogens (tertiary/aromatic N) is 2. The third-order valence-corrected chi connectivity index (χ3v) is 9.18. The minimum absolute atomic E-state index is 0.0555. The van der Waals surface area contributed by atoms with E-state index in [1.807, 2.05) is 31.2 Å². The van der Waals surface area contributed by atoms with Crippen LogP contribution in [0.4, 0.5) is 5.69 Å². The summed E-state index contributed by atoms with van der Waals surface area (Å²) in [6.45, 7) is 9.88. The fourth-order valence-electron chi connectivity index (χ4n) is 4.23. The second-order valence-corrected chi connectivity index (χ2v) is 11.3. The van der Waals surface area contributed by atoms with Gasteiger partial charge in [-0.3, -0.25) is 0 Å². The van der Waals surface area contributed by atoms with E-state index in [1.54, 1.807) is 12.3 Å². The number of thiophene rings is 1. The van der Waals surface area contributed by atoms with Gasteiger partial charge in [0.2, 0.25) is 10.0 Å². The van der Waals surface area contributed by atoms with E-state index in [0.717, 1.165) is 28.2 Å². The SMILES string of the molecule is CCOC(=O)c1scc(-c2ccc(C)cc2)c1S(=O)(=O)N1CCN(c2cc(C)ccc2C)CC1. The van der Waals surface area contributed by atoms with Gasteiger partial charge in [0, 0.05) is 42.8 Å². The maximum atomic E-state index is 13.9. The number of carbonyl (C=O) groups excluding carboxylic acids is 1. The first-order valence-electron chi connectivity index (χ1n) is 11.4. The smallest absolute Gasteiger partial charge is 0.349 e. The molecule has 180 valence electrons. The van der Waals surface area contributed by atoms with Gasteiger partial charge in [0.25, 0.3) is 0 Å². The Kier molecular flexibility index (Phi) is 7.12. The van der Waals surface area contributed by atoms with Gasteiger partial charge in [-0.1, -0.05) is 42.0 Å². The minimum Gasteiger partial charge on any atom is -0.462 e. The summed E-state index contributed by atoms with van der Waals surface area (Å²) in [5.41, 5.74) is 5.88. The number of piperazine rings is 1. The van der Waals surface area contributed by atoms with Crippen molar-refractivity contribution < 1.29 is 17.9 Å². The zero-order valence-electron chi connectivity index (χ0n) is 20.0. The largest absolute Gasteiger partial charge is 0.462 e. The first-order chi connectivity index (χ1) is 16.2. The Balaban J connectivity index is 1.67. The van der Waals surface area contributed by atoms with Gasteiger partial charge < -0.3 is 9.64 Å². The van der Waals surface area contributed by atoms with Crippen molar-refractivity contribution in [1.29, 1.82) is 0 Å². The molecule has 6 nitrogen and oxygen atoms in total. The van der Waals surface area contributed by atoms with Crippen LogP contribution in [-0.4, -0.2) is 51.5 Å². The standard InChI is InChI=1S/C26H30N2O4S2/c1-5-32-26(29)24-25(22(17-33-24)21-10-7-18(2)8-11-21)34(30,31)28-14-12-27(13-15-28)23-16-19(3)6-9-20(23)4/h6-11,16-17H,5,12-15H2,1-4H3. The molecule has 0 unspecified atom stereocenters. The van der Waals surface area contributed by atoms with Gasteiger partial charge in [0.15, 0.2) is 0 Å². The van der Waals surface area contributed by atoms with E-state index in [1.165, 1.54) is 15.4 Å². The number of carbonyl (C=O) groups is 1. The molecule has 0 saturated carbocycles. The summed E-state index contributed by atoms with van der Waals surface area (Å²) < 4.78 is 34.5. The van der Waals surface area contributed by atoms with Gasteiger partial charge in [0.05, 0.1) is 6.61 Å². The average Bonchev–Trinajstić information content (AvgIpc) is 3.28. The van der Waals surface area contributed by atoms with Crippen molar-refractivity contribution in [2.24, 2.45) is 0 Å². The molecule has 1 aromatic heterocycles. The van der Waals surface area contributed by atoms with Crippen molar-refractivity contribution in [2.75, 3.05) is 37.7 Å². The fraction of sp³-hybridized carbons (Fsp3) is 0.346. The molecule has 1 saturated heterocycles. The van der Waals surface area contributed by atoms with E-state index < -0.39 is 16.0 Å². The molecule has 1 aliphatic heterocycles. The molecule has 8 heteroatoms. The summed E-state index contributed by atoms with van der Waals surface area (Å²) in [5.74, 6) is -0.599.